The highest BCUT2D eigenvalue weighted by Crippen LogP contribution is 2.24. The maximum absolute atomic E-state index is 12.4. The minimum Gasteiger partial charge on any atom is -0.348 e. The standard InChI is InChI=1S/C19H21ClN2O3S/c1-19(2,3)21-18(23)13-10-14-8-11-15(12-9-14)26(24,25)22-17-7-5-4-6-16(17)20/h4-13,22H,1-3H3,(H,21,23). The molecule has 1 amide bonds. The van der Waals surface area contributed by atoms with Crippen molar-refractivity contribution in [3.8, 4) is 0 Å². The summed E-state index contributed by atoms with van der Waals surface area (Å²) < 4.78 is 27.3. The van der Waals surface area contributed by atoms with E-state index < -0.39 is 10.0 Å². The fourth-order valence-corrected chi connectivity index (χ4v) is 3.41. The molecule has 5 nitrogen and oxygen atoms in total. The monoisotopic (exact) mass is 392 g/mol. The van der Waals surface area contributed by atoms with Gasteiger partial charge in [0, 0.05) is 11.6 Å². The summed E-state index contributed by atoms with van der Waals surface area (Å²) in [5.74, 6) is -0.213. The molecule has 0 saturated carbocycles. The van der Waals surface area contributed by atoms with Crippen molar-refractivity contribution in [2.24, 2.45) is 0 Å². The lowest BCUT2D eigenvalue weighted by Gasteiger charge is -2.18. The smallest absolute Gasteiger partial charge is 0.261 e. The largest absolute Gasteiger partial charge is 0.348 e. The number of halogens is 1. The van der Waals surface area contributed by atoms with Crippen molar-refractivity contribution in [3.63, 3.8) is 0 Å². The Morgan fingerprint density at radius 2 is 1.65 bits per heavy atom. The minimum atomic E-state index is -3.75. The van der Waals surface area contributed by atoms with E-state index in [1.165, 1.54) is 18.2 Å². The van der Waals surface area contributed by atoms with Crippen molar-refractivity contribution < 1.29 is 13.2 Å². The van der Waals surface area contributed by atoms with Crippen LogP contribution in [0.3, 0.4) is 0 Å². The van der Waals surface area contributed by atoms with E-state index in [2.05, 4.69) is 10.0 Å². The van der Waals surface area contributed by atoms with Crippen LogP contribution in [-0.2, 0) is 14.8 Å². The summed E-state index contributed by atoms with van der Waals surface area (Å²) in [6.07, 6.45) is 3.04. The number of rotatable bonds is 5. The summed E-state index contributed by atoms with van der Waals surface area (Å²) in [4.78, 5) is 11.9. The first kappa shape index (κ1) is 20.0. The molecule has 0 aliphatic heterocycles. The zero-order valence-electron chi connectivity index (χ0n) is 14.8. The fourth-order valence-electron chi connectivity index (χ4n) is 2.09. The SMILES string of the molecule is CC(C)(C)NC(=O)C=Cc1ccc(S(=O)(=O)Nc2ccccc2Cl)cc1. The van der Waals surface area contributed by atoms with Crippen LogP contribution in [0, 0.1) is 0 Å². The molecule has 0 saturated heterocycles. The van der Waals surface area contributed by atoms with Crippen LogP contribution in [0.4, 0.5) is 5.69 Å². The first-order chi connectivity index (χ1) is 12.1. The van der Waals surface area contributed by atoms with Crippen molar-refractivity contribution in [1.29, 1.82) is 0 Å². The highest BCUT2D eigenvalue weighted by Gasteiger charge is 2.15. The maximum atomic E-state index is 12.4. The van der Waals surface area contributed by atoms with Gasteiger partial charge < -0.3 is 5.32 Å². The quantitative estimate of drug-likeness (QED) is 0.753. The Morgan fingerprint density at radius 1 is 1.04 bits per heavy atom. The number of anilines is 1. The Kier molecular flexibility index (Phi) is 6.10. The van der Waals surface area contributed by atoms with Crippen molar-refractivity contribution in [1.82, 2.24) is 5.32 Å². The lowest BCUT2D eigenvalue weighted by Crippen LogP contribution is -2.39. The summed E-state index contributed by atoms with van der Waals surface area (Å²) in [6, 6.07) is 12.8. The molecule has 2 rings (SSSR count). The number of hydrogen-bond donors (Lipinski definition) is 2. The fraction of sp³-hybridized carbons (Fsp3) is 0.211. The average Bonchev–Trinajstić information content (AvgIpc) is 2.54. The summed E-state index contributed by atoms with van der Waals surface area (Å²) in [5.41, 5.74) is 0.715. The second kappa shape index (κ2) is 7.93. The number of carbonyl (C=O) groups is 1. The molecule has 0 fully saturated rings. The van der Waals surface area contributed by atoms with Gasteiger partial charge in [-0.05, 0) is 56.7 Å². The zero-order chi connectivity index (χ0) is 19.4. The summed E-state index contributed by atoms with van der Waals surface area (Å²) in [5, 5.41) is 3.13. The molecule has 0 unspecified atom stereocenters. The third-order valence-electron chi connectivity index (χ3n) is 3.23. The molecule has 0 heterocycles. The van der Waals surface area contributed by atoms with E-state index in [1.54, 1.807) is 42.5 Å². The van der Waals surface area contributed by atoms with Crippen LogP contribution in [0.15, 0.2) is 59.5 Å². The van der Waals surface area contributed by atoms with Crippen molar-refractivity contribution in [3.05, 3.63) is 65.2 Å². The number of para-hydroxylation sites is 1. The molecule has 0 bridgehead atoms. The Bertz CT molecular complexity index is 915. The van der Waals surface area contributed by atoms with Gasteiger partial charge in [0.25, 0.3) is 10.0 Å². The topological polar surface area (TPSA) is 75.3 Å². The number of benzene rings is 2. The van der Waals surface area contributed by atoms with E-state index in [0.717, 1.165) is 0 Å². The number of sulfonamides is 1. The average molecular weight is 393 g/mol. The predicted molar refractivity (Wildman–Crippen MR) is 106 cm³/mol. The van der Waals surface area contributed by atoms with E-state index in [-0.39, 0.29) is 16.3 Å². The van der Waals surface area contributed by atoms with Gasteiger partial charge in [0.2, 0.25) is 5.91 Å². The molecule has 2 N–H and O–H groups in total. The van der Waals surface area contributed by atoms with E-state index in [9.17, 15) is 13.2 Å². The van der Waals surface area contributed by atoms with E-state index in [4.69, 9.17) is 11.6 Å². The highest BCUT2D eigenvalue weighted by molar-refractivity contribution is 7.92. The Labute approximate surface area is 159 Å². The molecule has 7 heteroatoms. The van der Waals surface area contributed by atoms with Gasteiger partial charge in [-0.15, -0.1) is 0 Å². The molecule has 2 aromatic carbocycles. The molecular formula is C19H21ClN2O3S. The van der Waals surface area contributed by atoms with Crippen LogP contribution in [0.1, 0.15) is 26.3 Å². The van der Waals surface area contributed by atoms with Crippen LogP contribution in [0.2, 0.25) is 5.02 Å². The van der Waals surface area contributed by atoms with Gasteiger partial charge in [0.15, 0.2) is 0 Å². The van der Waals surface area contributed by atoms with Crippen LogP contribution in [0.25, 0.3) is 6.08 Å². The molecule has 2 aromatic rings. The Morgan fingerprint density at radius 3 is 2.23 bits per heavy atom. The third kappa shape index (κ3) is 5.89. The molecule has 0 atom stereocenters. The third-order valence-corrected chi connectivity index (χ3v) is 4.94. The number of amides is 1. The van der Waals surface area contributed by atoms with Crippen LogP contribution in [-0.4, -0.2) is 19.9 Å². The summed E-state index contributed by atoms with van der Waals surface area (Å²) in [6.45, 7) is 5.68. The predicted octanol–water partition coefficient (Wildman–Crippen LogP) is 4.07. The molecule has 0 aromatic heterocycles. The Hall–Kier alpha value is -2.31. The van der Waals surface area contributed by atoms with E-state index in [1.807, 2.05) is 20.8 Å². The van der Waals surface area contributed by atoms with E-state index >= 15 is 0 Å². The zero-order valence-corrected chi connectivity index (χ0v) is 16.4. The highest BCUT2D eigenvalue weighted by atomic mass is 35.5. The number of nitrogens with one attached hydrogen (secondary N) is 2. The van der Waals surface area contributed by atoms with Gasteiger partial charge in [-0.25, -0.2) is 8.42 Å². The lowest BCUT2D eigenvalue weighted by atomic mass is 10.1. The van der Waals surface area contributed by atoms with Gasteiger partial charge in [-0.3, -0.25) is 9.52 Å². The van der Waals surface area contributed by atoms with Crippen LogP contribution >= 0.6 is 11.6 Å². The van der Waals surface area contributed by atoms with Gasteiger partial charge in [0.1, 0.15) is 0 Å². The summed E-state index contributed by atoms with van der Waals surface area (Å²) >= 11 is 5.99. The molecule has 138 valence electrons. The van der Waals surface area contributed by atoms with Crippen molar-refractivity contribution in [2.45, 2.75) is 31.2 Å². The first-order valence-electron chi connectivity index (χ1n) is 7.94. The van der Waals surface area contributed by atoms with Gasteiger partial charge >= 0.3 is 0 Å². The summed E-state index contributed by atoms with van der Waals surface area (Å²) in [7, 11) is -3.75. The second-order valence-corrected chi connectivity index (χ2v) is 8.82. The van der Waals surface area contributed by atoms with Crippen molar-refractivity contribution >= 4 is 39.3 Å². The number of hydrogen-bond acceptors (Lipinski definition) is 3. The molecule has 26 heavy (non-hydrogen) atoms. The Balaban J connectivity index is 2.11. The molecule has 0 spiro atoms. The first-order valence-corrected chi connectivity index (χ1v) is 9.81. The van der Waals surface area contributed by atoms with E-state index in [0.29, 0.717) is 16.3 Å². The molecule has 0 aliphatic carbocycles. The van der Waals surface area contributed by atoms with Gasteiger partial charge in [-0.1, -0.05) is 35.9 Å². The molecular weight excluding hydrogens is 372 g/mol. The molecule has 0 aliphatic rings. The normalized spacial score (nSPS) is 12.2. The second-order valence-electron chi connectivity index (χ2n) is 6.73. The maximum Gasteiger partial charge on any atom is 0.261 e. The van der Waals surface area contributed by atoms with Crippen LogP contribution in [0.5, 0.6) is 0 Å². The van der Waals surface area contributed by atoms with Gasteiger partial charge in [-0.2, -0.15) is 0 Å². The number of carbonyl (C=O) groups excluding carboxylic acids is 1. The molecule has 0 radical (unpaired) electrons. The lowest BCUT2D eigenvalue weighted by molar-refractivity contribution is -0.117. The van der Waals surface area contributed by atoms with Crippen LogP contribution < -0.4 is 10.0 Å². The van der Waals surface area contributed by atoms with Gasteiger partial charge in [0.05, 0.1) is 15.6 Å². The minimum absolute atomic E-state index is 0.105. The van der Waals surface area contributed by atoms with Crippen molar-refractivity contribution in [2.75, 3.05) is 4.72 Å².